The number of aliphatic hydroxyl groups is 1. The van der Waals surface area contributed by atoms with Crippen LogP contribution in [0.4, 0.5) is 0 Å². The molecule has 0 aromatic heterocycles. The molecule has 1 heterocycles. The van der Waals surface area contributed by atoms with E-state index in [-0.39, 0.29) is 12.1 Å². The van der Waals surface area contributed by atoms with E-state index >= 15 is 0 Å². The van der Waals surface area contributed by atoms with E-state index in [9.17, 15) is 5.11 Å². The molecule has 0 spiro atoms. The van der Waals surface area contributed by atoms with E-state index in [1.807, 2.05) is 19.2 Å². The highest BCUT2D eigenvalue weighted by molar-refractivity contribution is 6.35. The molecular weight excluding hydrogens is 337 g/mol. The average molecular weight is 362 g/mol. The number of ether oxygens (including phenoxy) is 2. The Bertz CT molecular complexity index is 495. The second kappa shape index (κ2) is 9.21. The summed E-state index contributed by atoms with van der Waals surface area (Å²) >= 11 is 12.2. The number of hydrogen-bond acceptors (Lipinski definition) is 4. The molecule has 4 nitrogen and oxygen atoms in total. The lowest BCUT2D eigenvalue weighted by Crippen LogP contribution is -2.34. The van der Waals surface area contributed by atoms with Crippen molar-refractivity contribution in [3.8, 4) is 0 Å². The maximum atomic E-state index is 10.1. The van der Waals surface area contributed by atoms with Crippen molar-refractivity contribution in [1.82, 2.24) is 4.90 Å². The van der Waals surface area contributed by atoms with Gasteiger partial charge in [-0.1, -0.05) is 29.3 Å². The van der Waals surface area contributed by atoms with Gasteiger partial charge in [-0.2, -0.15) is 0 Å². The Morgan fingerprint density at radius 1 is 1.43 bits per heavy atom. The minimum atomic E-state index is -0.546. The van der Waals surface area contributed by atoms with Crippen LogP contribution in [0.2, 0.25) is 10.0 Å². The first-order chi connectivity index (χ1) is 11.0. The summed E-state index contributed by atoms with van der Waals surface area (Å²) in [4.78, 5) is 2.05. The highest BCUT2D eigenvalue weighted by atomic mass is 35.5. The van der Waals surface area contributed by atoms with E-state index in [0.717, 1.165) is 25.0 Å². The summed E-state index contributed by atoms with van der Waals surface area (Å²) in [5, 5.41) is 11.4. The van der Waals surface area contributed by atoms with Gasteiger partial charge in [-0.05, 0) is 44.5 Å². The number of likely N-dealkylation sites (N-methyl/N-ethyl adjacent to an activating group) is 1. The lowest BCUT2D eigenvalue weighted by atomic mass is 10.1. The molecule has 0 aliphatic carbocycles. The fourth-order valence-corrected chi connectivity index (χ4v) is 3.30. The molecule has 130 valence electrons. The number of nitrogens with zero attached hydrogens (tertiary/aromatic N) is 1. The molecular formula is C17H25Cl2NO3. The lowest BCUT2D eigenvalue weighted by molar-refractivity contribution is -0.0257. The maximum Gasteiger partial charge on any atom is 0.0900 e. The zero-order valence-corrected chi connectivity index (χ0v) is 15.2. The van der Waals surface area contributed by atoms with Gasteiger partial charge in [0, 0.05) is 29.2 Å². The van der Waals surface area contributed by atoms with Crippen LogP contribution in [0.3, 0.4) is 0 Å². The minimum Gasteiger partial charge on any atom is -0.389 e. The fourth-order valence-electron chi connectivity index (χ4n) is 2.73. The molecule has 1 aromatic rings. The van der Waals surface area contributed by atoms with Gasteiger partial charge in [0.15, 0.2) is 0 Å². The SMILES string of the molecule is CC(c1ccc(Cl)cc1Cl)N(C)CC(O)COCC1CCCO1. The maximum absolute atomic E-state index is 10.1. The van der Waals surface area contributed by atoms with Gasteiger partial charge in [-0.3, -0.25) is 4.90 Å². The highest BCUT2D eigenvalue weighted by Crippen LogP contribution is 2.29. The molecule has 1 fully saturated rings. The number of aliphatic hydroxyl groups excluding tert-OH is 1. The normalized spacial score (nSPS) is 20.9. The molecule has 1 aromatic carbocycles. The van der Waals surface area contributed by atoms with E-state index in [0.29, 0.717) is 29.8 Å². The number of hydrogen-bond donors (Lipinski definition) is 1. The summed E-state index contributed by atoms with van der Waals surface area (Å²) in [7, 11) is 1.96. The summed E-state index contributed by atoms with van der Waals surface area (Å²) in [6, 6.07) is 5.57. The van der Waals surface area contributed by atoms with Gasteiger partial charge in [-0.25, -0.2) is 0 Å². The van der Waals surface area contributed by atoms with Crippen molar-refractivity contribution in [3.05, 3.63) is 33.8 Å². The molecule has 0 amide bonds. The molecule has 3 unspecified atom stereocenters. The predicted octanol–water partition coefficient (Wildman–Crippen LogP) is 3.54. The van der Waals surface area contributed by atoms with E-state index in [4.69, 9.17) is 32.7 Å². The van der Waals surface area contributed by atoms with Gasteiger partial charge in [0.2, 0.25) is 0 Å². The Morgan fingerprint density at radius 3 is 2.87 bits per heavy atom. The summed E-state index contributed by atoms with van der Waals surface area (Å²) in [6.07, 6.45) is 1.78. The molecule has 0 saturated carbocycles. The first-order valence-electron chi connectivity index (χ1n) is 8.00. The van der Waals surface area contributed by atoms with Crippen molar-refractivity contribution < 1.29 is 14.6 Å². The minimum absolute atomic E-state index is 0.0765. The fraction of sp³-hybridized carbons (Fsp3) is 0.647. The van der Waals surface area contributed by atoms with Crippen LogP contribution in [0.25, 0.3) is 0 Å². The van der Waals surface area contributed by atoms with Crippen LogP contribution in [0.1, 0.15) is 31.4 Å². The van der Waals surface area contributed by atoms with E-state index in [2.05, 4.69) is 11.8 Å². The van der Waals surface area contributed by atoms with Gasteiger partial charge >= 0.3 is 0 Å². The molecule has 0 bridgehead atoms. The highest BCUT2D eigenvalue weighted by Gasteiger charge is 2.19. The third-order valence-corrected chi connectivity index (χ3v) is 4.77. The van der Waals surface area contributed by atoms with Crippen LogP contribution in [-0.2, 0) is 9.47 Å². The first-order valence-corrected chi connectivity index (χ1v) is 8.75. The summed E-state index contributed by atoms with van der Waals surface area (Å²) in [5.41, 5.74) is 0.992. The second-order valence-corrected chi connectivity index (χ2v) is 6.95. The van der Waals surface area contributed by atoms with Gasteiger partial charge in [-0.15, -0.1) is 0 Å². The van der Waals surface area contributed by atoms with Crippen LogP contribution in [0, 0.1) is 0 Å². The molecule has 1 aliphatic rings. The Labute approximate surface area is 148 Å². The smallest absolute Gasteiger partial charge is 0.0900 e. The Kier molecular flexibility index (Phi) is 7.60. The standard InChI is InChI=1S/C17H25Cl2NO3/c1-12(16-6-5-13(18)8-17(16)19)20(2)9-14(21)10-22-11-15-4-3-7-23-15/h5-6,8,12,14-15,21H,3-4,7,9-11H2,1-2H3. The third kappa shape index (κ3) is 5.89. The molecule has 3 atom stereocenters. The van der Waals surface area contributed by atoms with E-state index in [1.54, 1.807) is 6.07 Å². The van der Waals surface area contributed by atoms with Gasteiger partial charge in [0.1, 0.15) is 0 Å². The predicted molar refractivity (Wildman–Crippen MR) is 93.3 cm³/mol. The first kappa shape index (κ1) is 19.0. The van der Waals surface area contributed by atoms with Crippen molar-refractivity contribution in [2.45, 2.75) is 38.0 Å². The summed E-state index contributed by atoms with van der Waals surface area (Å²) in [5.74, 6) is 0. The molecule has 1 N–H and O–H groups in total. The molecule has 23 heavy (non-hydrogen) atoms. The average Bonchev–Trinajstić information content (AvgIpc) is 2.99. The van der Waals surface area contributed by atoms with E-state index in [1.165, 1.54) is 0 Å². The lowest BCUT2D eigenvalue weighted by Gasteiger charge is -2.28. The summed E-state index contributed by atoms with van der Waals surface area (Å²) < 4.78 is 11.1. The number of benzene rings is 1. The molecule has 0 radical (unpaired) electrons. The largest absolute Gasteiger partial charge is 0.389 e. The van der Waals surface area contributed by atoms with Crippen molar-refractivity contribution in [3.63, 3.8) is 0 Å². The van der Waals surface area contributed by atoms with Crippen molar-refractivity contribution >= 4 is 23.2 Å². The van der Waals surface area contributed by atoms with Crippen molar-refractivity contribution in [2.75, 3.05) is 33.4 Å². The van der Waals surface area contributed by atoms with Crippen LogP contribution in [0.5, 0.6) is 0 Å². The Balaban J connectivity index is 1.76. The van der Waals surface area contributed by atoms with Crippen LogP contribution >= 0.6 is 23.2 Å². The molecule has 2 rings (SSSR count). The van der Waals surface area contributed by atoms with Gasteiger partial charge in [0.25, 0.3) is 0 Å². The molecule has 1 aliphatic heterocycles. The van der Waals surface area contributed by atoms with E-state index < -0.39 is 6.10 Å². The number of halogens is 2. The van der Waals surface area contributed by atoms with Gasteiger partial charge in [0.05, 0.1) is 25.4 Å². The quantitative estimate of drug-likeness (QED) is 0.768. The van der Waals surface area contributed by atoms with Crippen LogP contribution < -0.4 is 0 Å². The zero-order chi connectivity index (χ0) is 16.8. The Hall–Kier alpha value is -0.360. The monoisotopic (exact) mass is 361 g/mol. The van der Waals surface area contributed by atoms with Crippen molar-refractivity contribution in [2.24, 2.45) is 0 Å². The molecule has 6 heteroatoms. The van der Waals surface area contributed by atoms with Crippen LogP contribution in [-0.4, -0.2) is 55.6 Å². The number of rotatable bonds is 8. The Morgan fingerprint density at radius 2 is 2.22 bits per heavy atom. The van der Waals surface area contributed by atoms with Gasteiger partial charge < -0.3 is 14.6 Å². The zero-order valence-electron chi connectivity index (χ0n) is 13.7. The summed E-state index contributed by atoms with van der Waals surface area (Å²) in [6.45, 7) is 4.24. The topological polar surface area (TPSA) is 41.9 Å². The second-order valence-electron chi connectivity index (χ2n) is 6.11. The third-order valence-electron chi connectivity index (χ3n) is 4.21. The van der Waals surface area contributed by atoms with Crippen molar-refractivity contribution in [1.29, 1.82) is 0 Å². The molecule has 1 saturated heterocycles. The van der Waals surface area contributed by atoms with Crippen LogP contribution in [0.15, 0.2) is 18.2 Å².